The highest BCUT2D eigenvalue weighted by atomic mass is 16.3. The van der Waals surface area contributed by atoms with Crippen LogP contribution in [0.1, 0.15) is 17.0 Å². The second-order valence-corrected chi connectivity index (χ2v) is 4.69. The molecule has 0 aliphatic rings. The lowest BCUT2D eigenvalue weighted by Gasteiger charge is -2.05. The van der Waals surface area contributed by atoms with Crippen LogP contribution in [-0.4, -0.2) is 20.3 Å². The molecule has 0 unspecified atom stereocenters. The van der Waals surface area contributed by atoms with Crippen molar-refractivity contribution in [2.24, 2.45) is 0 Å². The summed E-state index contributed by atoms with van der Waals surface area (Å²) >= 11 is 0. The zero-order valence-corrected chi connectivity index (χ0v) is 11.5. The number of anilines is 1. The van der Waals surface area contributed by atoms with Crippen LogP contribution in [0, 0.1) is 6.92 Å². The molecule has 0 fully saturated rings. The number of hydrogen-bond donors (Lipinski definition) is 2. The Labute approximate surface area is 121 Å². The number of aromatic nitrogens is 3. The number of nitrogens with zero attached hydrogens (tertiary/aromatic N) is 3. The van der Waals surface area contributed by atoms with Crippen molar-refractivity contribution in [2.45, 2.75) is 6.92 Å². The van der Waals surface area contributed by atoms with E-state index in [9.17, 15) is 5.11 Å². The number of nitrogens with two attached hydrogens (primary N) is 1. The normalized spacial score (nSPS) is 11.3. The number of benzene rings is 2. The predicted octanol–water partition coefficient (Wildman–Crippen LogP) is 2.79. The molecule has 0 bridgehead atoms. The molecule has 3 rings (SSSR count). The summed E-state index contributed by atoms with van der Waals surface area (Å²) in [5.41, 5.74) is 7.60. The first-order valence-electron chi connectivity index (χ1n) is 6.51. The van der Waals surface area contributed by atoms with Gasteiger partial charge in [0.15, 0.2) is 0 Å². The molecular weight excluding hydrogens is 264 g/mol. The van der Waals surface area contributed by atoms with Gasteiger partial charge in [0.2, 0.25) is 5.95 Å². The predicted molar refractivity (Wildman–Crippen MR) is 83.5 cm³/mol. The van der Waals surface area contributed by atoms with E-state index in [0.717, 1.165) is 16.3 Å². The summed E-state index contributed by atoms with van der Waals surface area (Å²) in [6.45, 7) is 1.81. The first kappa shape index (κ1) is 13.1. The maximum Gasteiger partial charge on any atom is 0.240 e. The average molecular weight is 278 g/mol. The highest BCUT2D eigenvalue weighted by Crippen LogP contribution is 2.28. The third-order valence-corrected chi connectivity index (χ3v) is 3.26. The summed E-state index contributed by atoms with van der Waals surface area (Å²) in [7, 11) is 0. The van der Waals surface area contributed by atoms with Gasteiger partial charge in [0.1, 0.15) is 5.75 Å². The number of fused-ring (bicyclic) bond motifs is 1. The van der Waals surface area contributed by atoms with Crippen molar-refractivity contribution in [1.82, 2.24) is 15.2 Å². The zero-order valence-electron chi connectivity index (χ0n) is 11.5. The van der Waals surface area contributed by atoms with Gasteiger partial charge in [-0.05, 0) is 35.9 Å². The lowest BCUT2D eigenvalue weighted by atomic mass is 10.0. The smallest absolute Gasteiger partial charge is 0.240 e. The fourth-order valence-electron chi connectivity index (χ4n) is 2.18. The maximum absolute atomic E-state index is 10.1. The molecule has 3 aromatic rings. The lowest BCUT2D eigenvalue weighted by molar-refractivity contribution is 0.475. The molecule has 0 aliphatic heterocycles. The third-order valence-electron chi connectivity index (χ3n) is 3.26. The third kappa shape index (κ3) is 2.53. The molecule has 0 radical (unpaired) electrons. The molecule has 0 aliphatic carbocycles. The molecule has 0 saturated heterocycles. The lowest BCUT2D eigenvalue weighted by Crippen LogP contribution is -2.01. The Bertz CT molecular complexity index is 843. The summed E-state index contributed by atoms with van der Waals surface area (Å²) in [5.74, 6) is 0.347. The van der Waals surface area contributed by atoms with Crippen LogP contribution < -0.4 is 5.73 Å². The fourth-order valence-corrected chi connectivity index (χ4v) is 2.18. The van der Waals surface area contributed by atoms with E-state index in [0.29, 0.717) is 11.4 Å². The van der Waals surface area contributed by atoms with Crippen molar-refractivity contribution >= 4 is 28.9 Å². The number of aromatic hydroxyl groups is 1. The van der Waals surface area contributed by atoms with Crippen molar-refractivity contribution < 1.29 is 5.11 Å². The average Bonchev–Trinajstić information content (AvgIpc) is 2.49. The van der Waals surface area contributed by atoms with Gasteiger partial charge in [-0.2, -0.15) is 0 Å². The number of rotatable bonds is 2. The monoisotopic (exact) mass is 278 g/mol. The van der Waals surface area contributed by atoms with E-state index >= 15 is 0 Å². The number of nitrogen functional groups attached to an aromatic ring is 1. The summed E-state index contributed by atoms with van der Waals surface area (Å²) in [6, 6.07) is 11.4. The van der Waals surface area contributed by atoms with Gasteiger partial charge in [-0.3, -0.25) is 0 Å². The number of aryl methyl sites for hydroxylation is 1. The number of phenols is 1. The molecule has 1 heterocycles. The van der Waals surface area contributed by atoms with Crippen LogP contribution >= 0.6 is 0 Å². The minimum absolute atomic E-state index is 0.127. The maximum atomic E-state index is 10.1. The van der Waals surface area contributed by atoms with Crippen molar-refractivity contribution in [2.75, 3.05) is 5.73 Å². The molecule has 0 spiro atoms. The van der Waals surface area contributed by atoms with Crippen LogP contribution in [0.4, 0.5) is 5.95 Å². The van der Waals surface area contributed by atoms with E-state index in [1.807, 2.05) is 43.3 Å². The minimum atomic E-state index is 0.127. The van der Waals surface area contributed by atoms with E-state index in [4.69, 9.17) is 5.73 Å². The van der Waals surface area contributed by atoms with Gasteiger partial charge in [-0.1, -0.05) is 30.3 Å². The second-order valence-electron chi connectivity index (χ2n) is 4.69. The van der Waals surface area contributed by atoms with Crippen molar-refractivity contribution in [1.29, 1.82) is 0 Å². The molecule has 5 heteroatoms. The highest BCUT2D eigenvalue weighted by molar-refractivity contribution is 5.95. The summed E-state index contributed by atoms with van der Waals surface area (Å²) < 4.78 is 0. The van der Waals surface area contributed by atoms with Gasteiger partial charge in [0.05, 0.1) is 11.4 Å². The van der Waals surface area contributed by atoms with Gasteiger partial charge in [0.25, 0.3) is 0 Å². The van der Waals surface area contributed by atoms with Gasteiger partial charge in [-0.15, -0.1) is 10.2 Å². The molecule has 0 amide bonds. The Hall–Kier alpha value is -2.95. The van der Waals surface area contributed by atoms with Crippen LogP contribution in [-0.2, 0) is 0 Å². The molecule has 21 heavy (non-hydrogen) atoms. The topological polar surface area (TPSA) is 84.9 Å². The molecule has 104 valence electrons. The van der Waals surface area contributed by atoms with Gasteiger partial charge in [0, 0.05) is 5.56 Å². The van der Waals surface area contributed by atoms with E-state index < -0.39 is 0 Å². The van der Waals surface area contributed by atoms with Gasteiger partial charge in [-0.25, -0.2) is 4.98 Å². The van der Waals surface area contributed by atoms with Crippen LogP contribution in [0.3, 0.4) is 0 Å². The summed E-state index contributed by atoms with van der Waals surface area (Å²) in [4.78, 5) is 4.13. The number of hydrogen-bond acceptors (Lipinski definition) is 5. The standard InChI is InChI=1S/C16H14N4O/c1-10-14(18-16(17)20-19-10)8-7-13-12-5-3-2-4-11(12)6-9-15(13)21/h2-9,21H,1H3,(H2,17,18,20)/b8-7+. The van der Waals surface area contributed by atoms with E-state index in [1.54, 1.807) is 12.1 Å². The molecule has 5 nitrogen and oxygen atoms in total. The molecule has 0 saturated carbocycles. The zero-order chi connectivity index (χ0) is 14.8. The van der Waals surface area contributed by atoms with E-state index in [-0.39, 0.29) is 11.7 Å². The fraction of sp³-hybridized carbons (Fsp3) is 0.0625. The number of phenolic OH excluding ortho intramolecular Hbond substituents is 1. The molecule has 2 aromatic carbocycles. The van der Waals surface area contributed by atoms with Gasteiger partial charge >= 0.3 is 0 Å². The SMILES string of the molecule is Cc1nnc(N)nc1/C=C/c1c(O)ccc2ccccc12. The Morgan fingerprint density at radius 2 is 1.86 bits per heavy atom. The van der Waals surface area contributed by atoms with Crippen molar-refractivity contribution in [3.8, 4) is 5.75 Å². The van der Waals surface area contributed by atoms with Crippen LogP contribution in [0.15, 0.2) is 36.4 Å². The molecule has 0 atom stereocenters. The van der Waals surface area contributed by atoms with E-state index in [2.05, 4.69) is 15.2 Å². The van der Waals surface area contributed by atoms with Crippen LogP contribution in [0.5, 0.6) is 5.75 Å². The summed E-state index contributed by atoms with van der Waals surface area (Å²) in [6.07, 6.45) is 3.59. The quantitative estimate of drug-likeness (QED) is 0.753. The highest BCUT2D eigenvalue weighted by Gasteiger charge is 2.05. The summed E-state index contributed by atoms with van der Waals surface area (Å²) in [5, 5.41) is 19.7. The molecular formula is C16H14N4O. The Kier molecular flexibility index (Phi) is 3.23. The second kappa shape index (κ2) is 5.20. The molecule has 1 aromatic heterocycles. The van der Waals surface area contributed by atoms with Crippen LogP contribution in [0.2, 0.25) is 0 Å². The largest absolute Gasteiger partial charge is 0.507 e. The molecule has 3 N–H and O–H groups in total. The van der Waals surface area contributed by atoms with Gasteiger partial charge < -0.3 is 10.8 Å². The Morgan fingerprint density at radius 3 is 2.71 bits per heavy atom. The Morgan fingerprint density at radius 1 is 1.05 bits per heavy atom. The minimum Gasteiger partial charge on any atom is -0.507 e. The van der Waals surface area contributed by atoms with Crippen LogP contribution in [0.25, 0.3) is 22.9 Å². The van der Waals surface area contributed by atoms with Crippen molar-refractivity contribution in [3.05, 3.63) is 53.3 Å². The van der Waals surface area contributed by atoms with E-state index in [1.165, 1.54) is 0 Å². The first-order chi connectivity index (χ1) is 10.1. The Balaban J connectivity index is 2.11. The first-order valence-corrected chi connectivity index (χ1v) is 6.51. The van der Waals surface area contributed by atoms with Crippen molar-refractivity contribution in [3.63, 3.8) is 0 Å².